The van der Waals surface area contributed by atoms with Crippen molar-refractivity contribution >= 4 is 35.1 Å². The van der Waals surface area contributed by atoms with Crippen molar-refractivity contribution in [2.45, 2.75) is 19.6 Å². The smallest absolute Gasteiger partial charge is 0.199 e. The van der Waals surface area contributed by atoms with Crippen LogP contribution < -0.4 is 0 Å². The molecule has 1 aliphatic carbocycles. The van der Waals surface area contributed by atoms with Crippen molar-refractivity contribution in [2.75, 3.05) is 0 Å². The Bertz CT molecular complexity index is 1260. The summed E-state index contributed by atoms with van der Waals surface area (Å²) in [6.45, 7) is 0. The van der Waals surface area contributed by atoms with Crippen LogP contribution in [0.5, 0.6) is 11.5 Å². The highest BCUT2D eigenvalue weighted by Gasteiger charge is 2.38. The van der Waals surface area contributed by atoms with E-state index < -0.39 is 11.6 Å². The van der Waals surface area contributed by atoms with Crippen LogP contribution in [0.3, 0.4) is 0 Å². The molecule has 4 aromatic rings. The van der Waals surface area contributed by atoms with Crippen LogP contribution in [0.4, 0.5) is 0 Å². The monoisotopic (exact) mass is 456 g/mol. The van der Waals surface area contributed by atoms with Crippen molar-refractivity contribution in [3.63, 3.8) is 0 Å². The Labute approximate surface area is 192 Å². The fourth-order valence-electron chi connectivity index (χ4n) is 3.71. The Hall–Kier alpha value is -3.48. The summed E-state index contributed by atoms with van der Waals surface area (Å²) in [5.41, 5.74) is 0.190. The van der Waals surface area contributed by atoms with Crippen LogP contribution in [0.15, 0.2) is 105 Å². The summed E-state index contributed by atoms with van der Waals surface area (Å²) < 4.78 is 0. The molecule has 0 saturated heterocycles. The molecule has 2 N–H and O–H groups in total. The predicted molar refractivity (Wildman–Crippen MR) is 124 cm³/mol. The summed E-state index contributed by atoms with van der Waals surface area (Å²) in [7, 11) is 0. The minimum atomic E-state index is -0.475. The predicted octanol–water partition coefficient (Wildman–Crippen LogP) is 6.18. The number of hydrogen-bond acceptors (Lipinski definition) is 6. The van der Waals surface area contributed by atoms with Crippen molar-refractivity contribution in [3.8, 4) is 11.5 Å². The molecule has 6 heteroatoms. The van der Waals surface area contributed by atoms with Gasteiger partial charge < -0.3 is 10.2 Å². The lowest BCUT2D eigenvalue weighted by Gasteiger charge is -2.23. The standard InChI is InChI=1S/C26H16O4S2/c27-17-11-13-19(31-15-7-3-1-4-8-15)23-21(17)26(30)24-20(32-16-9-5-2-6-10-16)14-12-18(28)22(24)25(23)29/h1-14,27-28H. The lowest BCUT2D eigenvalue weighted by Crippen LogP contribution is -2.23. The molecule has 0 spiro atoms. The van der Waals surface area contributed by atoms with Gasteiger partial charge in [-0.05, 0) is 48.5 Å². The summed E-state index contributed by atoms with van der Waals surface area (Å²) in [5, 5.41) is 21.1. The molecule has 0 amide bonds. The molecule has 0 radical (unpaired) electrons. The summed E-state index contributed by atoms with van der Waals surface area (Å²) in [5.74, 6) is -1.45. The first kappa shape index (κ1) is 20.4. The third kappa shape index (κ3) is 3.47. The normalized spacial score (nSPS) is 12.4. The Kier molecular flexibility index (Phi) is 5.25. The van der Waals surface area contributed by atoms with Gasteiger partial charge in [-0.25, -0.2) is 0 Å². The lowest BCUT2D eigenvalue weighted by atomic mass is 9.83. The van der Waals surface area contributed by atoms with Gasteiger partial charge >= 0.3 is 0 Å². The molecule has 0 aromatic heterocycles. The first-order chi connectivity index (χ1) is 15.5. The average molecular weight is 457 g/mol. The van der Waals surface area contributed by atoms with Gasteiger partial charge in [0.15, 0.2) is 11.6 Å². The number of carbonyl (C=O) groups is 2. The first-order valence-electron chi connectivity index (χ1n) is 9.81. The van der Waals surface area contributed by atoms with Gasteiger partial charge in [-0.2, -0.15) is 0 Å². The quantitative estimate of drug-likeness (QED) is 0.337. The molecule has 32 heavy (non-hydrogen) atoms. The molecule has 0 unspecified atom stereocenters. The molecule has 4 nitrogen and oxygen atoms in total. The van der Waals surface area contributed by atoms with Gasteiger partial charge in [0.05, 0.1) is 22.3 Å². The second-order valence-corrected chi connectivity index (χ2v) is 9.38. The molecule has 0 bridgehead atoms. The van der Waals surface area contributed by atoms with E-state index in [1.54, 1.807) is 12.1 Å². The molecule has 0 saturated carbocycles. The summed E-state index contributed by atoms with van der Waals surface area (Å²) in [4.78, 5) is 30.1. The minimum absolute atomic E-state index is 0.0241. The van der Waals surface area contributed by atoms with E-state index in [-0.39, 0.29) is 33.8 Å². The van der Waals surface area contributed by atoms with E-state index in [2.05, 4.69) is 0 Å². The van der Waals surface area contributed by atoms with E-state index in [1.807, 2.05) is 60.7 Å². The maximum Gasteiger partial charge on any atom is 0.199 e. The van der Waals surface area contributed by atoms with Crippen LogP contribution in [0.1, 0.15) is 31.8 Å². The third-order valence-corrected chi connectivity index (χ3v) is 7.28. The van der Waals surface area contributed by atoms with Gasteiger partial charge in [0.1, 0.15) is 11.5 Å². The molecule has 156 valence electrons. The molecule has 0 fully saturated rings. The van der Waals surface area contributed by atoms with E-state index in [1.165, 1.54) is 35.7 Å². The fraction of sp³-hybridized carbons (Fsp3) is 0. The van der Waals surface area contributed by atoms with Gasteiger partial charge in [-0.1, -0.05) is 59.9 Å². The van der Waals surface area contributed by atoms with Crippen molar-refractivity contribution in [1.82, 2.24) is 0 Å². The van der Waals surface area contributed by atoms with Crippen molar-refractivity contribution in [1.29, 1.82) is 0 Å². The number of ketones is 2. The zero-order chi connectivity index (χ0) is 22.2. The second kappa shape index (κ2) is 8.22. The number of phenols is 2. The highest BCUT2D eigenvalue weighted by molar-refractivity contribution is 7.99. The van der Waals surface area contributed by atoms with E-state index in [4.69, 9.17) is 0 Å². The Morgan fingerprint density at radius 2 is 0.844 bits per heavy atom. The minimum Gasteiger partial charge on any atom is -0.507 e. The Morgan fingerprint density at radius 1 is 0.469 bits per heavy atom. The van der Waals surface area contributed by atoms with E-state index >= 15 is 0 Å². The van der Waals surface area contributed by atoms with Crippen molar-refractivity contribution in [2.24, 2.45) is 0 Å². The Morgan fingerprint density at radius 3 is 1.22 bits per heavy atom. The fourth-order valence-corrected chi connectivity index (χ4v) is 5.67. The van der Waals surface area contributed by atoms with Gasteiger partial charge in [0.25, 0.3) is 0 Å². The van der Waals surface area contributed by atoms with Crippen molar-refractivity contribution < 1.29 is 19.8 Å². The second-order valence-electron chi connectivity index (χ2n) is 7.15. The first-order valence-corrected chi connectivity index (χ1v) is 11.4. The maximum absolute atomic E-state index is 13.6. The molecule has 1 aliphatic rings. The van der Waals surface area contributed by atoms with Crippen LogP contribution in [0, 0.1) is 0 Å². The lowest BCUT2D eigenvalue weighted by molar-refractivity contribution is 0.0969. The third-order valence-electron chi connectivity index (χ3n) is 5.14. The van der Waals surface area contributed by atoms with Crippen LogP contribution in [0.2, 0.25) is 0 Å². The highest BCUT2D eigenvalue weighted by atomic mass is 32.2. The average Bonchev–Trinajstić information content (AvgIpc) is 2.81. The molecular weight excluding hydrogens is 440 g/mol. The van der Waals surface area contributed by atoms with Crippen LogP contribution in [-0.4, -0.2) is 21.8 Å². The number of phenolic OH excluding ortho intramolecular Hbond substituents is 2. The highest BCUT2D eigenvalue weighted by Crippen LogP contribution is 2.45. The molecule has 4 aromatic carbocycles. The molecular formula is C26H16O4S2. The topological polar surface area (TPSA) is 74.6 Å². The van der Waals surface area contributed by atoms with Crippen molar-refractivity contribution in [3.05, 3.63) is 107 Å². The molecule has 0 heterocycles. The number of aromatic hydroxyl groups is 2. The Balaban J connectivity index is 1.67. The number of hydrogen-bond donors (Lipinski definition) is 2. The number of benzene rings is 4. The van der Waals surface area contributed by atoms with Crippen LogP contribution in [-0.2, 0) is 0 Å². The largest absolute Gasteiger partial charge is 0.507 e. The van der Waals surface area contributed by atoms with Gasteiger partial charge in [0.2, 0.25) is 0 Å². The van der Waals surface area contributed by atoms with Crippen LogP contribution >= 0.6 is 23.5 Å². The number of carbonyl (C=O) groups excluding carboxylic acids is 2. The maximum atomic E-state index is 13.6. The van der Waals surface area contributed by atoms with E-state index in [9.17, 15) is 19.8 Å². The number of fused-ring (bicyclic) bond motifs is 2. The number of rotatable bonds is 4. The van der Waals surface area contributed by atoms with Crippen LogP contribution in [0.25, 0.3) is 0 Å². The summed E-state index contributed by atoms with van der Waals surface area (Å²) >= 11 is 2.67. The van der Waals surface area contributed by atoms with E-state index in [0.717, 1.165) is 9.79 Å². The zero-order valence-corrected chi connectivity index (χ0v) is 18.2. The summed E-state index contributed by atoms with van der Waals surface area (Å²) in [6, 6.07) is 25.1. The van der Waals surface area contributed by atoms with Gasteiger partial charge in [-0.15, -0.1) is 0 Å². The SMILES string of the molecule is O=C1c2c(O)ccc(Sc3ccccc3)c2C(=O)c2c(O)ccc(Sc3ccccc3)c21. The molecule has 0 atom stereocenters. The molecule has 0 aliphatic heterocycles. The molecule has 5 rings (SSSR count). The zero-order valence-electron chi connectivity index (χ0n) is 16.6. The van der Waals surface area contributed by atoms with Gasteiger partial charge in [-0.3, -0.25) is 9.59 Å². The van der Waals surface area contributed by atoms with E-state index in [0.29, 0.717) is 9.79 Å². The van der Waals surface area contributed by atoms with Gasteiger partial charge in [0, 0.05) is 19.6 Å². The summed E-state index contributed by atoms with van der Waals surface area (Å²) in [6.07, 6.45) is 0.